The van der Waals surface area contributed by atoms with Crippen LogP contribution in [0, 0.1) is 0 Å². The number of hydrogen-bond acceptors (Lipinski definition) is 6. The molecule has 0 atom stereocenters. The van der Waals surface area contributed by atoms with Gasteiger partial charge in [0.1, 0.15) is 0 Å². The summed E-state index contributed by atoms with van der Waals surface area (Å²) in [6.07, 6.45) is -3.76. The van der Waals surface area contributed by atoms with Crippen molar-refractivity contribution in [1.29, 1.82) is 0 Å². The first-order chi connectivity index (χ1) is 17.5. The zero-order chi connectivity index (χ0) is 26.6. The van der Waals surface area contributed by atoms with Gasteiger partial charge in [0, 0.05) is 25.2 Å². The number of halogens is 3. The fourth-order valence-electron chi connectivity index (χ4n) is 3.92. The van der Waals surface area contributed by atoms with Gasteiger partial charge in [-0.05, 0) is 55.4 Å². The molecule has 1 fully saturated rings. The zero-order valence-corrected chi connectivity index (χ0v) is 20.6. The van der Waals surface area contributed by atoms with Crippen molar-refractivity contribution >= 4 is 15.9 Å². The number of ether oxygens (including phenoxy) is 1. The number of alkyl halides is 3. The lowest BCUT2D eigenvalue weighted by Crippen LogP contribution is -2.38. The van der Waals surface area contributed by atoms with Gasteiger partial charge in [0.2, 0.25) is 10.0 Å². The van der Waals surface area contributed by atoms with Gasteiger partial charge in [0.05, 0.1) is 35.1 Å². The normalized spacial score (nSPS) is 15.0. The molecule has 1 aliphatic rings. The van der Waals surface area contributed by atoms with Gasteiger partial charge < -0.3 is 10.1 Å². The van der Waals surface area contributed by atoms with Gasteiger partial charge in [-0.25, -0.2) is 18.2 Å². The maximum absolute atomic E-state index is 13.0. The number of aromatic nitrogens is 2. The molecule has 3 aromatic rings. The number of nitrogens with one attached hydrogen (secondary N) is 1. The van der Waals surface area contributed by atoms with Crippen LogP contribution >= 0.6 is 0 Å². The summed E-state index contributed by atoms with van der Waals surface area (Å²) in [5, 5.41) is 12.3. The molecule has 37 heavy (non-hydrogen) atoms. The van der Waals surface area contributed by atoms with E-state index in [9.17, 15) is 26.4 Å². The number of benzene rings is 2. The first-order valence-electron chi connectivity index (χ1n) is 11.5. The average Bonchev–Trinajstić information content (AvgIpc) is 3.32. The average molecular weight is 538 g/mol. The lowest BCUT2D eigenvalue weighted by Gasteiger charge is -2.26. The van der Waals surface area contributed by atoms with Crippen LogP contribution < -0.4 is 10.5 Å². The Hall–Kier alpha value is -3.26. The monoisotopic (exact) mass is 537 g/mol. The molecule has 2 aromatic carbocycles. The highest BCUT2D eigenvalue weighted by atomic mass is 32.2. The minimum absolute atomic E-state index is 0.0665. The maximum Gasteiger partial charge on any atom is 0.416 e. The van der Waals surface area contributed by atoms with E-state index >= 15 is 0 Å². The predicted octanol–water partition coefficient (Wildman–Crippen LogP) is 2.66. The Morgan fingerprint density at radius 2 is 1.70 bits per heavy atom. The van der Waals surface area contributed by atoms with Crippen LogP contribution in [-0.2, 0) is 20.9 Å². The van der Waals surface area contributed by atoms with Gasteiger partial charge >= 0.3 is 6.18 Å². The lowest BCUT2D eigenvalue weighted by molar-refractivity contribution is -0.137. The standard InChI is InChI=1S/C24H26F3N5O4S/c25-24(26,27)18-4-2-17(3-5-18)22-16-21(23(33)29-10-1-11-31-12-14-36-15-13-31)30-32(22)19-6-8-20(9-7-19)37(28,34)35/h2-9,16H,1,10-15H2,(H,29,33)(H2,28,34,35). The Balaban J connectivity index is 1.57. The number of morpholine rings is 1. The molecule has 0 bridgehead atoms. The molecule has 0 saturated carbocycles. The van der Waals surface area contributed by atoms with Crippen LogP contribution in [-0.4, -0.2) is 68.4 Å². The minimum atomic E-state index is -4.49. The Kier molecular flexibility index (Phi) is 7.97. The third-order valence-electron chi connectivity index (χ3n) is 5.90. The Morgan fingerprint density at radius 3 is 2.30 bits per heavy atom. The largest absolute Gasteiger partial charge is 0.416 e. The van der Waals surface area contributed by atoms with Crippen LogP contribution in [0.3, 0.4) is 0 Å². The molecule has 0 spiro atoms. The molecule has 4 rings (SSSR count). The number of nitrogens with zero attached hydrogens (tertiary/aromatic N) is 3. The highest BCUT2D eigenvalue weighted by molar-refractivity contribution is 7.89. The molecule has 0 radical (unpaired) electrons. The van der Waals surface area contributed by atoms with Crippen LogP contribution in [0.5, 0.6) is 0 Å². The van der Waals surface area contributed by atoms with Gasteiger partial charge in [-0.15, -0.1) is 0 Å². The highest BCUT2D eigenvalue weighted by Crippen LogP contribution is 2.32. The van der Waals surface area contributed by atoms with Gasteiger partial charge in [0.15, 0.2) is 5.69 Å². The number of sulfonamides is 1. The molecule has 1 amide bonds. The number of hydrogen-bond donors (Lipinski definition) is 2. The number of amides is 1. The van der Waals surface area contributed by atoms with E-state index in [4.69, 9.17) is 9.88 Å². The van der Waals surface area contributed by atoms with Gasteiger partial charge in [0.25, 0.3) is 5.91 Å². The fraction of sp³-hybridized carbons (Fsp3) is 0.333. The van der Waals surface area contributed by atoms with E-state index in [2.05, 4.69) is 15.3 Å². The summed E-state index contributed by atoms with van der Waals surface area (Å²) in [4.78, 5) is 15.0. The summed E-state index contributed by atoms with van der Waals surface area (Å²) in [6, 6.07) is 11.4. The van der Waals surface area contributed by atoms with E-state index in [-0.39, 0.29) is 10.6 Å². The smallest absolute Gasteiger partial charge is 0.379 e. The van der Waals surface area contributed by atoms with Gasteiger partial charge in [-0.1, -0.05) is 12.1 Å². The van der Waals surface area contributed by atoms with Crippen molar-refractivity contribution in [1.82, 2.24) is 20.0 Å². The van der Waals surface area contributed by atoms with Crippen LogP contribution in [0.4, 0.5) is 13.2 Å². The second kappa shape index (κ2) is 11.0. The molecular weight excluding hydrogens is 511 g/mol. The second-order valence-corrected chi connectivity index (χ2v) is 10.1. The van der Waals surface area contributed by atoms with Crippen molar-refractivity contribution in [3.63, 3.8) is 0 Å². The third kappa shape index (κ3) is 6.74. The predicted molar refractivity (Wildman–Crippen MR) is 130 cm³/mol. The highest BCUT2D eigenvalue weighted by Gasteiger charge is 2.30. The van der Waals surface area contributed by atoms with E-state index < -0.39 is 27.7 Å². The summed E-state index contributed by atoms with van der Waals surface area (Å²) in [5.41, 5.74) is 0.404. The topological polar surface area (TPSA) is 120 Å². The first-order valence-corrected chi connectivity index (χ1v) is 13.1. The van der Waals surface area contributed by atoms with Crippen molar-refractivity contribution in [2.45, 2.75) is 17.5 Å². The van der Waals surface area contributed by atoms with Crippen LogP contribution in [0.15, 0.2) is 59.5 Å². The Bertz CT molecular complexity index is 1330. The van der Waals surface area contributed by atoms with Crippen molar-refractivity contribution in [3.8, 4) is 16.9 Å². The van der Waals surface area contributed by atoms with E-state index in [1.807, 2.05) is 0 Å². The molecule has 198 valence electrons. The molecule has 1 aliphatic heterocycles. The van der Waals surface area contributed by atoms with E-state index in [0.717, 1.165) is 38.2 Å². The van der Waals surface area contributed by atoms with E-state index in [1.54, 1.807) is 0 Å². The first kappa shape index (κ1) is 26.8. The molecule has 1 aromatic heterocycles. The summed E-state index contributed by atoms with van der Waals surface area (Å²) in [7, 11) is -3.92. The van der Waals surface area contributed by atoms with Crippen molar-refractivity contribution < 1.29 is 31.1 Å². The Labute approximate surface area is 212 Å². The number of rotatable bonds is 8. The quantitative estimate of drug-likeness (QED) is 0.427. The SMILES string of the molecule is NS(=O)(=O)c1ccc(-n2nc(C(=O)NCCCN3CCOCC3)cc2-c2ccc(C(F)(F)F)cc2)cc1. The van der Waals surface area contributed by atoms with Crippen LogP contribution in [0.1, 0.15) is 22.5 Å². The molecule has 2 heterocycles. The van der Waals surface area contributed by atoms with Gasteiger partial charge in [-0.2, -0.15) is 18.3 Å². The molecule has 3 N–H and O–H groups in total. The number of primary sulfonamides is 1. The Morgan fingerprint density at radius 1 is 1.05 bits per heavy atom. The fourth-order valence-corrected chi connectivity index (χ4v) is 4.44. The van der Waals surface area contributed by atoms with Crippen LogP contribution in [0.25, 0.3) is 16.9 Å². The third-order valence-corrected chi connectivity index (χ3v) is 6.83. The number of carbonyl (C=O) groups is 1. The zero-order valence-electron chi connectivity index (χ0n) is 19.7. The summed E-state index contributed by atoms with van der Waals surface area (Å²) in [6.45, 7) is 4.30. The van der Waals surface area contributed by atoms with E-state index in [0.29, 0.717) is 36.7 Å². The van der Waals surface area contributed by atoms with Gasteiger partial charge in [-0.3, -0.25) is 9.69 Å². The summed E-state index contributed by atoms with van der Waals surface area (Å²) >= 11 is 0. The van der Waals surface area contributed by atoms with Crippen molar-refractivity contribution in [3.05, 3.63) is 65.9 Å². The molecular formula is C24H26F3N5O4S. The van der Waals surface area contributed by atoms with Crippen molar-refractivity contribution in [2.75, 3.05) is 39.4 Å². The van der Waals surface area contributed by atoms with Crippen LogP contribution in [0.2, 0.25) is 0 Å². The molecule has 13 heteroatoms. The molecule has 9 nitrogen and oxygen atoms in total. The van der Waals surface area contributed by atoms with Crippen molar-refractivity contribution in [2.24, 2.45) is 5.14 Å². The summed E-state index contributed by atoms with van der Waals surface area (Å²) in [5.74, 6) is -0.435. The van der Waals surface area contributed by atoms with E-state index in [1.165, 1.54) is 47.1 Å². The maximum atomic E-state index is 13.0. The molecule has 0 aliphatic carbocycles. The number of nitrogens with two attached hydrogens (primary N) is 1. The summed E-state index contributed by atoms with van der Waals surface area (Å²) < 4.78 is 69.0. The minimum Gasteiger partial charge on any atom is -0.379 e. The second-order valence-electron chi connectivity index (χ2n) is 8.50. The lowest BCUT2D eigenvalue weighted by atomic mass is 10.1. The number of carbonyl (C=O) groups excluding carboxylic acids is 1. The molecule has 0 unspecified atom stereocenters. The molecule has 1 saturated heterocycles.